The zero-order valence-electron chi connectivity index (χ0n) is 10.2. The van der Waals surface area contributed by atoms with Gasteiger partial charge in [-0.15, -0.1) is 0 Å². The van der Waals surface area contributed by atoms with Gasteiger partial charge in [0, 0.05) is 0 Å². The normalized spacial score (nSPS) is 16.5. The van der Waals surface area contributed by atoms with E-state index in [9.17, 15) is 4.79 Å². The average molecular weight is 254 g/mol. The second-order valence-corrected chi connectivity index (χ2v) is 4.48. The minimum Gasteiger partial charge on any atom is -0.394 e. The van der Waals surface area contributed by atoms with Crippen molar-refractivity contribution < 1.29 is 35.4 Å². The summed E-state index contributed by atoms with van der Waals surface area (Å²) in [6.07, 6.45) is -5.22. The van der Waals surface area contributed by atoms with Crippen molar-refractivity contribution in [3.8, 4) is 0 Å². The van der Waals surface area contributed by atoms with E-state index in [4.69, 9.17) is 30.6 Å². The molecule has 17 heavy (non-hydrogen) atoms. The molecule has 7 heteroatoms. The molecule has 7 nitrogen and oxygen atoms in total. The Labute approximate surface area is 100.0 Å². The number of carbonyl (C=O) groups excluding carboxylic acids is 1. The topological polar surface area (TPSA) is 138 Å². The molecule has 0 heterocycles. The van der Waals surface area contributed by atoms with Crippen LogP contribution in [-0.4, -0.2) is 73.5 Å². The summed E-state index contributed by atoms with van der Waals surface area (Å²) in [6.45, 7) is 3.54. The van der Waals surface area contributed by atoms with Crippen LogP contribution in [0.15, 0.2) is 0 Å². The van der Waals surface area contributed by atoms with E-state index < -0.39 is 42.9 Å². The van der Waals surface area contributed by atoms with E-state index >= 15 is 0 Å². The molecular weight excluding hydrogens is 232 g/mol. The van der Waals surface area contributed by atoms with Crippen molar-refractivity contribution in [1.82, 2.24) is 0 Å². The summed E-state index contributed by atoms with van der Waals surface area (Å²) in [5, 5.41) is 51.6. The Hall–Kier alpha value is -0.570. The third-order valence-electron chi connectivity index (χ3n) is 1.39. The van der Waals surface area contributed by atoms with Crippen LogP contribution in [0.3, 0.4) is 0 Å². The van der Waals surface area contributed by atoms with Crippen LogP contribution in [0.2, 0.25) is 0 Å². The summed E-state index contributed by atoms with van der Waals surface area (Å²) < 4.78 is 0. The largest absolute Gasteiger partial charge is 0.394 e. The molecule has 0 aliphatic carbocycles. The molecule has 0 saturated carbocycles. The lowest BCUT2D eigenvalue weighted by atomic mass is 10.1. The van der Waals surface area contributed by atoms with Crippen LogP contribution in [0.25, 0.3) is 0 Å². The molecule has 0 aromatic heterocycles. The number of ketones is 1. The van der Waals surface area contributed by atoms with Crippen LogP contribution in [0.1, 0.15) is 20.8 Å². The Morgan fingerprint density at radius 1 is 1.12 bits per heavy atom. The van der Waals surface area contributed by atoms with Gasteiger partial charge in [0.1, 0.15) is 24.9 Å². The molecule has 0 rings (SSSR count). The third kappa shape index (κ3) is 11.7. The van der Waals surface area contributed by atoms with Gasteiger partial charge < -0.3 is 30.6 Å². The first-order chi connectivity index (χ1) is 7.54. The minimum atomic E-state index is -1.86. The molecule has 0 radical (unpaired) electrons. The fourth-order valence-corrected chi connectivity index (χ4v) is 0.602. The first-order valence-electron chi connectivity index (χ1n) is 5.05. The lowest BCUT2D eigenvalue weighted by Crippen LogP contribution is -2.44. The summed E-state index contributed by atoms with van der Waals surface area (Å²) in [6, 6.07) is 0. The maximum absolute atomic E-state index is 10.5. The molecule has 0 bridgehead atoms. The Bertz CT molecular complexity index is 205. The lowest BCUT2D eigenvalue weighted by Gasteiger charge is -2.19. The molecule has 0 spiro atoms. The highest BCUT2D eigenvalue weighted by atomic mass is 16.4. The van der Waals surface area contributed by atoms with Crippen molar-refractivity contribution in [2.24, 2.45) is 0 Å². The van der Waals surface area contributed by atoms with E-state index in [1.807, 2.05) is 0 Å². The van der Waals surface area contributed by atoms with Crippen LogP contribution in [0.5, 0.6) is 0 Å². The quantitative estimate of drug-likeness (QED) is 0.316. The van der Waals surface area contributed by atoms with Crippen molar-refractivity contribution in [1.29, 1.82) is 0 Å². The van der Waals surface area contributed by atoms with Gasteiger partial charge in [-0.2, -0.15) is 0 Å². The van der Waals surface area contributed by atoms with E-state index in [2.05, 4.69) is 0 Å². The number of Topliss-reactive ketones (excluding diaryl/α,β-unsaturated/α-hetero) is 1. The fourth-order valence-electron chi connectivity index (χ4n) is 0.602. The number of hydrogen-bond donors (Lipinski definition) is 6. The van der Waals surface area contributed by atoms with Gasteiger partial charge in [-0.25, -0.2) is 0 Å². The van der Waals surface area contributed by atoms with Crippen molar-refractivity contribution in [2.45, 2.75) is 44.7 Å². The van der Waals surface area contributed by atoms with Crippen LogP contribution in [-0.2, 0) is 4.79 Å². The Balaban J connectivity index is 0. The predicted octanol–water partition coefficient (Wildman–Crippen LogP) is -2.60. The highest BCUT2D eigenvalue weighted by Crippen LogP contribution is 2.00. The van der Waals surface area contributed by atoms with E-state index in [1.165, 1.54) is 0 Å². The van der Waals surface area contributed by atoms with Crippen LogP contribution in [0, 0.1) is 0 Å². The maximum atomic E-state index is 10.5. The maximum Gasteiger partial charge on any atom is 0.189 e. The first-order valence-corrected chi connectivity index (χ1v) is 5.05. The van der Waals surface area contributed by atoms with Crippen LogP contribution < -0.4 is 0 Å². The Morgan fingerprint density at radius 3 is 1.71 bits per heavy atom. The molecule has 0 aromatic rings. The van der Waals surface area contributed by atoms with E-state index in [-0.39, 0.29) is 0 Å². The molecule has 6 N–H and O–H groups in total. The molecule has 0 fully saturated rings. The van der Waals surface area contributed by atoms with Crippen LogP contribution >= 0.6 is 0 Å². The fraction of sp³-hybridized carbons (Fsp3) is 0.900. The Kier molecular flexibility index (Phi) is 9.40. The lowest BCUT2D eigenvalue weighted by molar-refractivity contribution is -0.142. The summed E-state index contributed by atoms with van der Waals surface area (Å²) in [4.78, 5) is 10.5. The molecule has 104 valence electrons. The summed E-state index contributed by atoms with van der Waals surface area (Å²) >= 11 is 0. The highest BCUT2D eigenvalue weighted by Gasteiger charge is 2.28. The molecule has 0 amide bonds. The van der Waals surface area contributed by atoms with Crippen molar-refractivity contribution >= 4 is 5.78 Å². The Morgan fingerprint density at radius 2 is 1.47 bits per heavy atom. The molecule has 0 saturated heterocycles. The van der Waals surface area contributed by atoms with Gasteiger partial charge in [-0.3, -0.25) is 4.79 Å². The van der Waals surface area contributed by atoms with Gasteiger partial charge in [0.25, 0.3) is 0 Å². The number of rotatable bonds is 5. The van der Waals surface area contributed by atoms with E-state index in [0.29, 0.717) is 0 Å². The van der Waals surface area contributed by atoms with E-state index in [0.717, 1.165) is 0 Å². The number of aliphatic hydroxyl groups excluding tert-OH is 5. The summed E-state index contributed by atoms with van der Waals surface area (Å²) in [5.41, 5.74) is -0.500. The van der Waals surface area contributed by atoms with Gasteiger partial charge in [0.05, 0.1) is 12.2 Å². The molecule has 0 aliphatic heterocycles. The number of hydrogen-bond acceptors (Lipinski definition) is 7. The first kappa shape index (κ1) is 18.8. The zero-order chi connectivity index (χ0) is 14.2. The predicted molar refractivity (Wildman–Crippen MR) is 59.2 cm³/mol. The van der Waals surface area contributed by atoms with E-state index in [1.54, 1.807) is 20.8 Å². The van der Waals surface area contributed by atoms with Gasteiger partial charge in [0.15, 0.2) is 5.78 Å². The molecular formula is C10H22O7. The van der Waals surface area contributed by atoms with Crippen molar-refractivity contribution in [3.05, 3.63) is 0 Å². The van der Waals surface area contributed by atoms with Crippen LogP contribution in [0.4, 0.5) is 0 Å². The number of aliphatic hydroxyl groups is 6. The molecule has 3 atom stereocenters. The third-order valence-corrected chi connectivity index (χ3v) is 1.39. The second kappa shape index (κ2) is 8.51. The smallest absolute Gasteiger partial charge is 0.189 e. The number of carbonyl (C=O) groups is 1. The van der Waals surface area contributed by atoms with Gasteiger partial charge >= 0.3 is 0 Å². The minimum absolute atomic E-state index is 0.500. The summed E-state index contributed by atoms with van der Waals surface area (Å²) in [7, 11) is 0. The SMILES string of the molecule is CC(C)(C)O.O=C(CO)[C@@H](O)[C@H](O)[C@H](O)CO. The monoisotopic (exact) mass is 254 g/mol. The average Bonchev–Trinajstić information content (AvgIpc) is 2.22. The van der Waals surface area contributed by atoms with Crippen molar-refractivity contribution in [2.75, 3.05) is 13.2 Å². The zero-order valence-corrected chi connectivity index (χ0v) is 10.2. The second-order valence-electron chi connectivity index (χ2n) is 4.48. The highest BCUT2D eigenvalue weighted by molar-refractivity contribution is 5.84. The van der Waals surface area contributed by atoms with Gasteiger partial charge in [-0.1, -0.05) is 0 Å². The summed E-state index contributed by atoms with van der Waals surface area (Å²) in [5.74, 6) is -1.00. The van der Waals surface area contributed by atoms with Gasteiger partial charge in [-0.05, 0) is 20.8 Å². The van der Waals surface area contributed by atoms with Gasteiger partial charge in [0.2, 0.25) is 0 Å². The molecule has 0 aliphatic rings. The standard InChI is InChI=1S/C6H12O6.C4H10O/c7-1-3(9)5(11)6(12)4(10)2-8;1-4(2,3)5/h3,5-9,11-12H,1-2H2;5H,1-3H3/t3-,5-,6-;/m1./s1. The van der Waals surface area contributed by atoms with Crippen molar-refractivity contribution in [3.63, 3.8) is 0 Å². The molecule has 0 aromatic carbocycles. The molecule has 0 unspecified atom stereocenters.